The number of phenols is 2. The minimum Gasteiger partial charge on any atom is -0.590 e. The average molecular weight is 409 g/mol. The van der Waals surface area contributed by atoms with Gasteiger partial charge >= 0.3 is 0 Å². The zero-order valence-corrected chi connectivity index (χ0v) is 16.3. The number of phenolic OH excluding ortho intramolecular Hbond substituents is 2. The first-order valence-electron chi connectivity index (χ1n) is 7.61. The van der Waals surface area contributed by atoms with Gasteiger partial charge in [0, 0.05) is 4.13 Å². The van der Waals surface area contributed by atoms with Gasteiger partial charge in [-0.25, -0.2) is 0 Å². The summed E-state index contributed by atoms with van der Waals surface area (Å²) in [6, 6.07) is 9.44. The summed E-state index contributed by atoms with van der Waals surface area (Å²) < 4.78 is 36.1. The molecule has 0 aliphatic heterocycles. The summed E-state index contributed by atoms with van der Waals surface area (Å²) >= 11 is -3.39. The second-order valence-electron chi connectivity index (χ2n) is 5.15. The van der Waals surface area contributed by atoms with Crippen LogP contribution >= 0.6 is 0 Å². The van der Waals surface area contributed by atoms with E-state index in [4.69, 9.17) is 9.47 Å². The summed E-state index contributed by atoms with van der Waals surface area (Å²) in [5, 5.41) is 22.0. The smallest absolute Gasteiger partial charge is 0.160 e. The van der Waals surface area contributed by atoms with Crippen LogP contribution in [-0.4, -0.2) is 33.5 Å². The van der Waals surface area contributed by atoms with Crippen molar-refractivity contribution in [1.82, 2.24) is 4.13 Å². The van der Waals surface area contributed by atoms with Gasteiger partial charge < -0.3 is 28.8 Å². The normalized spacial score (nSPS) is 13.8. The molecule has 9 heteroatoms. The lowest BCUT2D eigenvalue weighted by molar-refractivity contribution is 0.373. The fourth-order valence-corrected chi connectivity index (χ4v) is 3.69. The maximum Gasteiger partial charge on any atom is 0.160 e. The Hall–Kier alpha value is -2.30. The van der Waals surface area contributed by atoms with Crippen LogP contribution in [0.4, 0.5) is 0 Å². The van der Waals surface area contributed by atoms with Crippen molar-refractivity contribution in [2.45, 2.75) is 0 Å². The zero-order chi connectivity index (χ0) is 19.8. The first kappa shape index (κ1) is 21.0. The minimum atomic E-state index is -1.70. The van der Waals surface area contributed by atoms with Crippen molar-refractivity contribution in [3.8, 4) is 23.0 Å². The molecule has 0 aliphatic rings. The molecule has 2 aromatic carbocycles. The summed E-state index contributed by atoms with van der Waals surface area (Å²) in [4.78, 5) is 0. The number of ether oxygens (including phenoxy) is 2. The van der Waals surface area contributed by atoms with Gasteiger partial charge in [-0.05, 0) is 47.5 Å². The molecule has 3 N–H and O–H groups in total. The van der Waals surface area contributed by atoms with E-state index in [2.05, 4.69) is 4.13 Å². The predicted octanol–water partition coefficient (Wildman–Crippen LogP) is 2.67. The third-order valence-corrected chi connectivity index (χ3v) is 5.42. The molecular weight excluding hydrogens is 390 g/mol. The Kier molecular flexibility index (Phi) is 7.89. The first-order chi connectivity index (χ1) is 12.9. The predicted molar refractivity (Wildman–Crippen MR) is 107 cm³/mol. The molecule has 2 aromatic rings. The molecule has 0 aliphatic carbocycles. The number of rotatable bonds is 8. The highest BCUT2D eigenvalue weighted by molar-refractivity contribution is 8.07. The molecule has 2 unspecified atom stereocenters. The molecule has 144 valence electrons. The summed E-state index contributed by atoms with van der Waals surface area (Å²) in [5.74, 6) is 0.602. The molecule has 0 amide bonds. The summed E-state index contributed by atoms with van der Waals surface area (Å²) in [6.07, 6.45) is 3.04. The molecule has 0 heterocycles. The Balaban J connectivity index is 1.91. The van der Waals surface area contributed by atoms with Crippen molar-refractivity contribution in [2.75, 3.05) is 14.2 Å². The van der Waals surface area contributed by atoms with E-state index in [0.717, 1.165) is 0 Å². The molecule has 0 bridgehead atoms. The Bertz CT molecular complexity index is 760. The maximum absolute atomic E-state index is 11.9. The molecule has 0 saturated heterocycles. The van der Waals surface area contributed by atoms with Gasteiger partial charge in [0.1, 0.15) is 33.5 Å². The molecule has 2 rings (SSSR count). The van der Waals surface area contributed by atoms with Crippen molar-refractivity contribution < 1.29 is 28.8 Å². The lowest BCUT2D eigenvalue weighted by atomic mass is 10.2. The van der Waals surface area contributed by atoms with Gasteiger partial charge in [-0.1, -0.05) is 12.1 Å². The molecule has 0 saturated carbocycles. The van der Waals surface area contributed by atoms with Crippen LogP contribution in [0, 0.1) is 0 Å². The fraction of sp³-hybridized carbons (Fsp3) is 0.111. The van der Waals surface area contributed by atoms with E-state index in [1.165, 1.54) is 49.3 Å². The highest BCUT2D eigenvalue weighted by Gasteiger charge is 2.12. The monoisotopic (exact) mass is 409 g/mol. The Labute approximate surface area is 163 Å². The molecule has 0 fully saturated rings. The number of methoxy groups -OCH3 is 2. The van der Waals surface area contributed by atoms with E-state index < -0.39 is 22.7 Å². The van der Waals surface area contributed by atoms with E-state index in [1.54, 1.807) is 24.3 Å². The second-order valence-corrected chi connectivity index (χ2v) is 7.55. The molecule has 0 aromatic heterocycles. The van der Waals surface area contributed by atoms with E-state index >= 15 is 0 Å². The van der Waals surface area contributed by atoms with Gasteiger partial charge in [0.15, 0.2) is 23.0 Å². The summed E-state index contributed by atoms with van der Waals surface area (Å²) in [6.45, 7) is 0. The van der Waals surface area contributed by atoms with Gasteiger partial charge in [0.05, 0.1) is 14.2 Å². The van der Waals surface area contributed by atoms with Crippen LogP contribution in [0.3, 0.4) is 0 Å². The van der Waals surface area contributed by atoms with Crippen LogP contribution in [0.1, 0.15) is 11.1 Å². The standard InChI is InChI=1S/C18H19NO6S2/c1-24-17-5-3-13(11-15(17)20)7-9-26(22)19-27(23)10-8-14-4-6-18(25-2)16(21)12-14/h3-12,19-21H,1-2H3. The van der Waals surface area contributed by atoms with E-state index in [0.29, 0.717) is 22.6 Å². The number of hydrogen-bond donors (Lipinski definition) is 3. The van der Waals surface area contributed by atoms with Crippen LogP contribution in [0.15, 0.2) is 47.2 Å². The number of aromatic hydroxyl groups is 2. The topological polar surface area (TPSA) is 117 Å². The van der Waals surface area contributed by atoms with Crippen molar-refractivity contribution in [1.29, 1.82) is 0 Å². The van der Waals surface area contributed by atoms with E-state index in [9.17, 15) is 19.3 Å². The van der Waals surface area contributed by atoms with Crippen molar-refractivity contribution in [2.24, 2.45) is 0 Å². The van der Waals surface area contributed by atoms with E-state index in [-0.39, 0.29) is 11.5 Å². The highest BCUT2D eigenvalue weighted by Crippen LogP contribution is 2.27. The molecule has 27 heavy (non-hydrogen) atoms. The van der Waals surface area contributed by atoms with Crippen LogP contribution in [0.25, 0.3) is 12.2 Å². The zero-order valence-electron chi connectivity index (χ0n) is 14.6. The Morgan fingerprint density at radius 3 is 1.56 bits per heavy atom. The number of hydrogen-bond acceptors (Lipinski definition) is 7. The molecule has 0 spiro atoms. The summed E-state index contributed by atoms with van der Waals surface area (Å²) in [5.41, 5.74) is 1.22. The van der Waals surface area contributed by atoms with Crippen molar-refractivity contribution in [3.05, 3.63) is 58.3 Å². The largest absolute Gasteiger partial charge is 0.590 e. The van der Waals surface area contributed by atoms with Gasteiger partial charge in [0.2, 0.25) is 0 Å². The number of nitrogens with one attached hydrogen (secondary N) is 1. The summed E-state index contributed by atoms with van der Waals surface area (Å²) in [7, 11) is 2.89. The molecular formula is C18H19NO6S2. The van der Waals surface area contributed by atoms with Gasteiger partial charge in [-0.3, -0.25) is 0 Å². The first-order valence-corrected chi connectivity index (χ1v) is 10.0. The fourth-order valence-electron chi connectivity index (χ4n) is 2.04. The quantitative estimate of drug-likeness (QED) is 0.574. The van der Waals surface area contributed by atoms with Crippen LogP contribution in [0.2, 0.25) is 0 Å². The van der Waals surface area contributed by atoms with E-state index in [1.807, 2.05) is 0 Å². The average Bonchev–Trinajstić information content (AvgIpc) is 2.65. The van der Waals surface area contributed by atoms with Gasteiger partial charge in [0.25, 0.3) is 0 Å². The molecule has 0 radical (unpaired) electrons. The van der Waals surface area contributed by atoms with Gasteiger partial charge in [-0.15, -0.1) is 0 Å². The Morgan fingerprint density at radius 1 is 0.815 bits per heavy atom. The Morgan fingerprint density at radius 2 is 1.22 bits per heavy atom. The van der Waals surface area contributed by atoms with Crippen molar-refractivity contribution in [3.63, 3.8) is 0 Å². The van der Waals surface area contributed by atoms with Crippen molar-refractivity contribution >= 4 is 34.9 Å². The van der Waals surface area contributed by atoms with Gasteiger partial charge in [-0.2, -0.15) is 0 Å². The lowest BCUT2D eigenvalue weighted by Crippen LogP contribution is -2.27. The second kappa shape index (κ2) is 10.1. The molecule has 2 atom stereocenters. The van der Waals surface area contributed by atoms with Crippen LogP contribution in [-0.2, 0) is 22.7 Å². The minimum absolute atomic E-state index is 0.0346. The lowest BCUT2D eigenvalue weighted by Gasteiger charge is -2.07. The third-order valence-electron chi connectivity index (χ3n) is 3.34. The molecule has 7 nitrogen and oxygen atoms in total. The van der Waals surface area contributed by atoms with Crippen LogP contribution in [0.5, 0.6) is 23.0 Å². The highest BCUT2D eigenvalue weighted by atomic mass is 32.3. The maximum atomic E-state index is 11.9. The van der Waals surface area contributed by atoms with Crippen LogP contribution < -0.4 is 13.6 Å². The SMILES string of the molecule is COc1ccc(C=C[S+]([O-])N[S+]([O-])C=Cc2ccc(OC)c(O)c2)cc1O. The third kappa shape index (κ3) is 6.42. The number of benzene rings is 2.